The molecule has 1 N–H and O–H groups in total. The quantitative estimate of drug-likeness (QED) is 0.879. The van der Waals surface area contributed by atoms with Gasteiger partial charge >= 0.3 is 0 Å². The average molecular weight is 355 g/mol. The first kappa shape index (κ1) is 18.1. The van der Waals surface area contributed by atoms with Crippen LogP contribution in [0.1, 0.15) is 35.6 Å². The molecule has 0 aliphatic carbocycles. The fourth-order valence-corrected chi connectivity index (χ4v) is 3.60. The molecule has 0 radical (unpaired) electrons. The highest BCUT2D eigenvalue weighted by atomic mass is 16.2. The van der Waals surface area contributed by atoms with E-state index in [0.717, 1.165) is 23.1 Å². The van der Waals surface area contributed by atoms with Crippen molar-refractivity contribution in [2.45, 2.75) is 32.2 Å². The summed E-state index contributed by atoms with van der Waals surface area (Å²) in [5, 5.41) is 7.28. The van der Waals surface area contributed by atoms with Gasteiger partial charge in [0.2, 0.25) is 11.8 Å². The van der Waals surface area contributed by atoms with Crippen molar-refractivity contribution in [1.82, 2.24) is 25.0 Å². The van der Waals surface area contributed by atoms with Crippen LogP contribution >= 0.6 is 0 Å². The van der Waals surface area contributed by atoms with Crippen LogP contribution in [0.3, 0.4) is 0 Å². The second kappa shape index (κ2) is 7.68. The Balaban J connectivity index is 1.66. The minimum atomic E-state index is -0.0621. The number of nitrogens with zero attached hydrogens (tertiary/aromatic N) is 4. The molecule has 7 nitrogen and oxygen atoms in total. The number of piperidine rings is 1. The van der Waals surface area contributed by atoms with Crippen LogP contribution in [0.2, 0.25) is 0 Å². The zero-order valence-electron chi connectivity index (χ0n) is 15.5. The second-order valence-corrected chi connectivity index (χ2v) is 6.98. The number of pyridine rings is 1. The Bertz CT molecular complexity index is 801. The molecule has 2 amide bonds. The van der Waals surface area contributed by atoms with Gasteiger partial charge in [-0.25, -0.2) is 0 Å². The summed E-state index contributed by atoms with van der Waals surface area (Å²) in [4.78, 5) is 30.4. The molecule has 1 aliphatic rings. The molecule has 1 fully saturated rings. The number of carbonyl (C=O) groups excluding carboxylic acids is 2. The molecule has 2 aromatic rings. The molecular formula is C19H25N5O2. The van der Waals surface area contributed by atoms with Crippen LogP contribution in [0, 0.1) is 12.8 Å². The van der Waals surface area contributed by atoms with E-state index in [0.29, 0.717) is 19.4 Å². The molecule has 1 aliphatic heterocycles. The summed E-state index contributed by atoms with van der Waals surface area (Å²) >= 11 is 0. The van der Waals surface area contributed by atoms with Crippen molar-refractivity contribution in [3.8, 4) is 0 Å². The van der Waals surface area contributed by atoms with Gasteiger partial charge in [0.15, 0.2) is 0 Å². The predicted molar refractivity (Wildman–Crippen MR) is 97.1 cm³/mol. The van der Waals surface area contributed by atoms with Gasteiger partial charge in [-0.05, 0) is 30.5 Å². The summed E-state index contributed by atoms with van der Waals surface area (Å²) in [6.45, 7) is 2.50. The molecule has 3 heterocycles. The van der Waals surface area contributed by atoms with Crippen molar-refractivity contribution >= 4 is 11.8 Å². The normalized spacial score (nSPS) is 20.3. The van der Waals surface area contributed by atoms with Gasteiger partial charge in [-0.15, -0.1) is 0 Å². The number of nitrogens with one attached hydrogen (secondary N) is 1. The third-order valence-electron chi connectivity index (χ3n) is 5.10. The van der Waals surface area contributed by atoms with Crippen LogP contribution in [0.4, 0.5) is 0 Å². The minimum absolute atomic E-state index is 0.0104. The van der Waals surface area contributed by atoms with Crippen molar-refractivity contribution < 1.29 is 9.59 Å². The summed E-state index contributed by atoms with van der Waals surface area (Å²) in [7, 11) is 3.69. The monoisotopic (exact) mass is 355 g/mol. The van der Waals surface area contributed by atoms with E-state index >= 15 is 0 Å². The van der Waals surface area contributed by atoms with Gasteiger partial charge in [0, 0.05) is 57.1 Å². The zero-order valence-corrected chi connectivity index (χ0v) is 15.5. The number of amides is 2. The molecule has 0 aromatic carbocycles. The van der Waals surface area contributed by atoms with E-state index in [1.165, 1.54) is 0 Å². The Hall–Kier alpha value is -2.70. The Kier molecular flexibility index (Phi) is 5.35. The third kappa shape index (κ3) is 3.92. The highest BCUT2D eigenvalue weighted by Crippen LogP contribution is 2.35. The van der Waals surface area contributed by atoms with Gasteiger partial charge in [-0.2, -0.15) is 5.10 Å². The van der Waals surface area contributed by atoms with E-state index in [1.807, 2.05) is 33.3 Å². The number of rotatable bonds is 5. The van der Waals surface area contributed by atoms with E-state index in [9.17, 15) is 9.59 Å². The topological polar surface area (TPSA) is 80.1 Å². The number of hydrogen-bond acceptors (Lipinski definition) is 4. The fraction of sp³-hybridized carbons (Fsp3) is 0.474. The van der Waals surface area contributed by atoms with Crippen molar-refractivity contribution in [2.75, 3.05) is 13.6 Å². The first-order valence-electron chi connectivity index (χ1n) is 8.86. The lowest BCUT2D eigenvalue weighted by Crippen LogP contribution is -2.44. The first-order chi connectivity index (χ1) is 12.5. The van der Waals surface area contributed by atoms with Crippen LogP contribution in [0.5, 0.6) is 0 Å². The Labute approximate surface area is 153 Å². The van der Waals surface area contributed by atoms with Gasteiger partial charge < -0.3 is 10.2 Å². The molecule has 138 valence electrons. The summed E-state index contributed by atoms with van der Waals surface area (Å²) in [5.74, 6) is 0.294. The molecule has 3 rings (SSSR count). The molecule has 7 heteroatoms. The van der Waals surface area contributed by atoms with Crippen LogP contribution in [-0.4, -0.2) is 45.1 Å². The standard InChI is InChI=1S/C19H25N5O2/c1-13-9-20-7-6-14(13)8-17(25)21-10-15-4-5-18(26)24(3)19(15)16-11-22-23(2)12-16/h6-7,9,11-12,15,19H,4-5,8,10H2,1-3H3,(H,21,25)/t15-,19+/m1/s1. The lowest BCUT2D eigenvalue weighted by molar-refractivity contribution is -0.137. The Morgan fingerprint density at radius 3 is 2.85 bits per heavy atom. The lowest BCUT2D eigenvalue weighted by Gasteiger charge is -2.38. The van der Waals surface area contributed by atoms with Crippen LogP contribution in [-0.2, 0) is 23.1 Å². The number of likely N-dealkylation sites (tertiary alicyclic amines) is 1. The predicted octanol–water partition coefficient (Wildman–Crippen LogP) is 1.39. The zero-order chi connectivity index (χ0) is 18.7. The van der Waals surface area contributed by atoms with Gasteiger partial charge in [0.1, 0.15) is 0 Å². The van der Waals surface area contributed by atoms with Crippen LogP contribution in [0.15, 0.2) is 30.9 Å². The second-order valence-electron chi connectivity index (χ2n) is 6.98. The number of aryl methyl sites for hydroxylation is 2. The molecule has 0 saturated carbocycles. The van der Waals surface area contributed by atoms with Crippen molar-refractivity contribution in [2.24, 2.45) is 13.0 Å². The largest absolute Gasteiger partial charge is 0.355 e. The molecule has 1 saturated heterocycles. The van der Waals surface area contributed by atoms with Gasteiger partial charge in [0.05, 0.1) is 18.7 Å². The summed E-state index contributed by atoms with van der Waals surface area (Å²) in [5.41, 5.74) is 3.00. The molecule has 2 atom stereocenters. The highest BCUT2D eigenvalue weighted by Gasteiger charge is 2.35. The van der Waals surface area contributed by atoms with Crippen molar-refractivity contribution in [3.63, 3.8) is 0 Å². The number of hydrogen-bond donors (Lipinski definition) is 1. The maximum Gasteiger partial charge on any atom is 0.224 e. The minimum Gasteiger partial charge on any atom is -0.355 e. The maximum atomic E-state index is 12.4. The van der Waals surface area contributed by atoms with E-state index < -0.39 is 0 Å². The van der Waals surface area contributed by atoms with Crippen LogP contribution in [0.25, 0.3) is 0 Å². The fourth-order valence-electron chi connectivity index (χ4n) is 3.60. The third-order valence-corrected chi connectivity index (χ3v) is 5.10. The lowest BCUT2D eigenvalue weighted by atomic mass is 9.85. The van der Waals surface area contributed by atoms with Crippen molar-refractivity contribution in [3.05, 3.63) is 47.5 Å². The average Bonchev–Trinajstić information content (AvgIpc) is 3.04. The summed E-state index contributed by atoms with van der Waals surface area (Å²) < 4.78 is 1.74. The first-order valence-corrected chi connectivity index (χ1v) is 8.86. The Morgan fingerprint density at radius 1 is 1.35 bits per heavy atom. The van der Waals surface area contributed by atoms with Crippen LogP contribution < -0.4 is 5.32 Å². The van der Waals surface area contributed by atoms with E-state index in [4.69, 9.17) is 0 Å². The smallest absolute Gasteiger partial charge is 0.224 e. The number of aromatic nitrogens is 3. The van der Waals surface area contributed by atoms with E-state index in [-0.39, 0.29) is 23.8 Å². The van der Waals surface area contributed by atoms with E-state index in [2.05, 4.69) is 15.4 Å². The highest BCUT2D eigenvalue weighted by molar-refractivity contribution is 5.79. The molecular weight excluding hydrogens is 330 g/mol. The van der Waals surface area contributed by atoms with E-state index in [1.54, 1.807) is 28.2 Å². The molecule has 26 heavy (non-hydrogen) atoms. The van der Waals surface area contributed by atoms with Gasteiger partial charge in [-0.1, -0.05) is 0 Å². The summed E-state index contributed by atoms with van der Waals surface area (Å²) in [6.07, 6.45) is 8.82. The maximum absolute atomic E-state index is 12.4. The molecule has 0 spiro atoms. The molecule has 2 aromatic heterocycles. The molecule has 0 bridgehead atoms. The van der Waals surface area contributed by atoms with Gasteiger partial charge in [0.25, 0.3) is 0 Å². The SMILES string of the molecule is Cc1cnccc1CC(=O)NC[C@H]1CCC(=O)N(C)[C@@H]1c1cnn(C)c1. The Morgan fingerprint density at radius 2 is 2.15 bits per heavy atom. The van der Waals surface area contributed by atoms with Crippen molar-refractivity contribution in [1.29, 1.82) is 0 Å². The summed E-state index contributed by atoms with van der Waals surface area (Å²) in [6, 6.07) is 1.81. The number of carbonyl (C=O) groups is 2. The van der Waals surface area contributed by atoms with Gasteiger partial charge in [-0.3, -0.25) is 19.3 Å². The molecule has 0 unspecified atom stereocenters.